The molecule has 1 unspecified atom stereocenters. The van der Waals surface area contributed by atoms with Gasteiger partial charge in [-0.1, -0.05) is 19.1 Å². The monoisotopic (exact) mass is 344 g/mol. The number of carbonyl (C=O) groups excluding carboxylic acids is 2. The number of hydrogen-bond acceptors (Lipinski definition) is 3. The molecule has 7 heteroatoms. The molecule has 1 atom stereocenters. The van der Waals surface area contributed by atoms with Crippen LogP contribution in [0.2, 0.25) is 0 Å². The number of nitrogens with one attached hydrogen (secondary N) is 1. The van der Waals surface area contributed by atoms with Gasteiger partial charge in [0, 0.05) is 25.8 Å². The van der Waals surface area contributed by atoms with Crippen LogP contribution in [0.15, 0.2) is 30.5 Å². The van der Waals surface area contributed by atoms with Gasteiger partial charge < -0.3 is 10.2 Å². The molecule has 0 bridgehead atoms. The second-order valence-corrected chi connectivity index (χ2v) is 6.13. The van der Waals surface area contributed by atoms with Gasteiger partial charge in [0.2, 0.25) is 5.91 Å². The predicted octanol–water partition coefficient (Wildman–Crippen LogP) is 2.05. The van der Waals surface area contributed by atoms with E-state index in [0.29, 0.717) is 29.9 Å². The molecule has 3 rings (SSSR count). The normalized spacial score (nSPS) is 17.5. The zero-order valence-electron chi connectivity index (χ0n) is 14.3. The number of aromatic nitrogens is 2. The number of aryl methyl sites for hydroxylation is 2. The van der Waals surface area contributed by atoms with Crippen LogP contribution in [0.25, 0.3) is 0 Å². The fourth-order valence-corrected chi connectivity index (χ4v) is 3.09. The van der Waals surface area contributed by atoms with E-state index in [9.17, 15) is 14.0 Å². The zero-order valence-corrected chi connectivity index (χ0v) is 14.3. The average Bonchev–Trinajstić information content (AvgIpc) is 2.96. The molecule has 1 saturated heterocycles. The highest BCUT2D eigenvalue weighted by atomic mass is 19.1. The second kappa shape index (κ2) is 7.04. The number of piperazine rings is 1. The summed E-state index contributed by atoms with van der Waals surface area (Å²) in [4.78, 5) is 27.0. The van der Waals surface area contributed by atoms with Crippen molar-refractivity contribution in [2.24, 2.45) is 0 Å². The van der Waals surface area contributed by atoms with Crippen molar-refractivity contribution in [3.63, 3.8) is 0 Å². The van der Waals surface area contributed by atoms with Crippen molar-refractivity contribution in [2.45, 2.75) is 32.9 Å². The molecular weight excluding hydrogens is 323 g/mol. The van der Waals surface area contributed by atoms with Gasteiger partial charge in [-0.15, -0.1) is 0 Å². The van der Waals surface area contributed by atoms with Crippen molar-refractivity contribution < 1.29 is 14.0 Å². The molecular formula is C18H21FN4O2. The molecule has 6 nitrogen and oxygen atoms in total. The van der Waals surface area contributed by atoms with Gasteiger partial charge >= 0.3 is 0 Å². The fourth-order valence-electron chi connectivity index (χ4n) is 3.09. The summed E-state index contributed by atoms with van der Waals surface area (Å²) in [6.45, 7) is 5.35. The fraction of sp³-hybridized carbons (Fsp3) is 0.389. The highest BCUT2D eigenvalue weighted by molar-refractivity contribution is 5.99. The minimum Gasteiger partial charge on any atom is -0.352 e. The quantitative estimate of drug-likeness (QED) is 0.923. The Hall–Kier alpha value is -2.70. The lowest BCUT2D eigenvalue weighted by atomic mass is 10.0. The lowest BCUT2D eigenvalue weighted by Crippen LogP contribution is -2.52. The third-order valence-electron chi connectivity index (χ3n) is 4.29. The number of rotatable bonds is 4. The highest BCUT2D eigenvalue weighted by Gasteiger charge is 2.35. The van der Waals surface area contributed by atoms with Crippen LogP contribution in [-0.4, -0.2) is 39.6 Å². The van der Waals surface area contributed by atoms with Crippen LogP contribution in [-0.2, 0) is 11.3 Å². The third-order valence-corrected chi connectivity index (χ3v) is 4.29. The summed E-state index contributed by atoms with van der Waals surface area (Å²) in [6.07, 6.45) is 2.65. The third kappa shape index (κ3) is 3.40. The van der Waals surface area contributed by atoms with Crippen molar-refractivity contribution >= 4 is 11.8 Å². The van der Waals surface area contributed by atoms with E-state index in [1.165, 1.54) is 17.0 Å². The predicted molar refractivity (Wildman–Crippen MR) is 90.4 cm³/mol. The molecule has 2 amide bonds. The first-order valence-corrected chi connectivity index (χ1v) is 8.39. The standard InChI is InChI=1S/C18H21FN4O2/c1-3-9-22-11-15(12(2)21-22)18(25)23-10-8-20-17(24)16(23)13-4-6-14(19)7-5-13/h4-7,11,16H,3,8-10H2,1-2H3,(H,20,24). The van der Waals surface area contributed by atoms with Gasteiger partial charge in [-0.3, -0.25) is 14.3 Å². The van der Waals surface area contributed by atoms with Crippen LogP contribution in [0.5, 0.6) is 0 Å². The van der Waals surface area contributed by atoms with Crippen molar-refractivity contribution in [3.8, 4) is 0 Å². The Bertz CT molecular complexity index is 785. The molecule has 1 N–H and O–H groups in total. The molecule has 1 aliphatic rings. The van der Waals surface area contributed by atoms with Crippen LogP contribution in [0.4, 0.5) is 4.39 Å². The summed E-state index contributed by atoms with van der Waals surface area (Å²) < 4.78 is 15.0. The van der Waals surface area contributed by atoms with Gasteiger partial charge in [-0.05, 0) is 31.0 Å². The molecule has 0 aliphatic carbocycles. The number of halogens is 1. The van der Waals surface area contributed by atoms with E-state index < -0.39 is 6.04 Å². The maximum Gasteiger partial charge on any atom is 0.258 e. The minimum atomic E-state index is -0.768. The van der Waals surface area contributed by atoms with Crippen LogP contribution >= 0.6 is 0 Å². The van der Waals surface area contributed by atoms with Gasteiger partial charge in [0.05, 0.1) is 11.3 Å². The van der Waals surface area contributed by atoms with Crippen LogP contribution in [0.1, 0.15) is 41.0 Å². The average molecular weight is 344 g/mol. The van der Waals surface area contributed by atoms with Crippen molar-refractivity contribution in [3.05, 3.63) is 53.1 Å². The summed E-state index contributed by atoms with van der Waals surface area (Å²) in [5.74, 6) is -0.872. The number of nitrogens with zero attached hydrogens (tertiary/aromatic N) is 3. The molecule has 2 heterocycles. The van der Waals surface area contributed by atoms with E-state index in [1.807, 2.05) is 6.92 Å². The second-order valence-electron chi connectivity index (χ2n) is 6.13. The zero-order chi connectivity index (χ0) is 18.0. The molecule has 2 aromatic rings. The van der Waals surface area contributed by atoms with Gasteiger partial charge in [0.25, 0.3) is 5.91 Å². The van der Waals surface area contributed by atoms with E-state index in [4.69, 9.17) is 0 Å². The topological polar surface area (TPSA) is 67.2 Å². The Labute approximate surface area is 145 Å². The molecule has 1 fully saturated rings. The van der Waals surface area contributed by atoms with Gasteiger partial charge in [0.1, 0.15) is 11.9 Å². The maximum absolute atomic E-state index is 13.2. The summed E-state index contributed by atoms with van der Waals surface area (Å²) in [5, 5.41) is 7.14. The van der Waals surface area contributed by atoms with E-state index in [1.54, 1.807) is 29.9 Å². The Morgan fingerprint density at radius 2 is 2.08 bits per heavy atom. The molecule has 0 radical (unpaired) electrons. The lowest BCUT2D eigenvalue weighted by molar-refractivity contribution is -0.128. The molecule has 1 aromatic carbocycles. The number of carbonyl (C=O) groups is 2. The Kier molecular flexibility index (Phi) is 4.83. The SMILES string of the molecule is CCCn1cc(C(=O)N2CCNC(=O)C2c2ccc(F)cc2)c(C)n1. The van der Waals surface area contributed by atoms with Gasteiger partial charge in [-0.25, -0.2) is 4.39 Å². The first-order chi connectivity index (χ1) is 12.0. The van der Waals surface area contributed by atoms with Crippen molar-refractivity contribution in [2.75, 3.05) is 13.1 Å². The van der Waals surface area contributed by atoms with E-state index >= 15 is 0 Å². The van der Waals surface area contributed by atoms with Gasteiger partial charge in [-0.2, -0.15) is 5.10 Å². The number of hydrogen-bond donors (Lipinski definition) is 1. The minimum absolute atomic E-state index is 0.232. The lowest BCUT2D eigenvalue weighted by Gasteiger charge is -2.35. The smallest absolute Gasteiger partial charge is 0.258 e. The Morgan fingerprint density at radius 3 is 2.76 bits per heavy atom. The number of benzene rings is 1. The molecule has 1 aromatic heterocycles. The van der Waals surface area contributed by atoms with Crippen LogP contribution in [0, 0.1) is 12.7 Å². The summed E-state index contributed by atoms with van der Waals surface area (Å²) >= 11 is 0. The summed E-state index contributed by atoms with van der Waals surface area (Å²) in [5.41, 5.74) is 1.73. The Balaban J connectivity index is 1.93. The molecule has 132 valence electrons. The summed E-state index contributed by atoms with van der Waals surface area (Å²) in [7, 11) is 0. The molecule has 1 aliphatic heterocycles. The maximum atomic E-state index is 13.2. The van der Waals surface area contributed by atoms with E-state index in [-0.39, 0.29) is 17.6 Å². The molecule has 0 saturated carbocycles. The van der Waals surface area contributed by atoms with Crippen LogP contribution < -0.4 is 5.32 Å². The first-order valence-electron chi connectivity index (χ1n) is 8.39. The van der Waals surface area contributed by atoms with E-state index in [0.717, 1.165) is 13.0 Å². The highest BCUT2D eigenvalue weighted by Crippen LogP contribution is 2.26. The van der Waals surface area contributed by atoms with E-state index in [2.05, 4.69) is 10.4 Å². The Morgan fingerprint density at radius 1 is 1.36 bits per heavy atom. The van der Waals surface area contributed by atoms with Crippen LogP contribution in [0.3, 0.4) is 0 Å². The molecule has 25 heavy (non-hydrogen) atoms. The number of amides is 2. The van der Waals surface area contributed by atoms with Gasteiger partial charge in [0.15, 0.2) is 0 Å². The van der Waals surface area contributed by atoms with Crippen molar-refractivity contribution in [1.82, 2.24) is 20.0 Å². The summed E-state index contributed by atoms with van der Waals surface area (Å²) in [6, 6.07) is 4.90. The molecule has 0 spiro atoms. The largest absolute Gasteiger partial charge is 0.352 e. The first kappa shape index (κ1) is 17.1. The van der Waals surface area contributed by atoms with Crippen molar-refractivity contribution in [1.29, 1.82) is 0 Å².